The molecule has 0 spiro atoms. The zero-order chi connectivity index (χ0) is 23.5. The Hall–Kier alpha value is -3.56. The molecule has 1 amide bonds. The molecular weight excluding hydrogens is 477 g/mol. The minimum absolute atomic E-state index is 0.181. The molecule has 0 aliphatic carbocycles. The maximum absolute atomic E-state index is 13.6. The van der Waals surface area contributed by atoms with Gasteiger partial charge in [0, 0.05) is 10.7 Å². The number of benzene rings is 3. The average molecular weight is 496 g/mol. The van der Waals surface area contributed by atoms with Crippen molar-refractivity contribution in [3.63, 3.8) is 0 Å². The van der Waals surface area contributed by atoms with Crippen molar-refractivity contribution in [2.45, 2.75) is 23.1 Å². The standard InChI is InChI=1S/C24H19ClFN5O2S/c25-16-5-4-6-18(13-16)27-23(32)22-21(15-9-11-17(26)12-10-15)30-31-20(28-29-24(31)34-22)14-33-19-7-2-1-3-8-19/h1-13,21-22,30H,14H2,(H,27,32)/t21-,22+/m1/s1. The molecule has 10 heteroatoms. The smallest absolute Gasteiger partial charge is 0.240 e. The van der Waals surface area contributed by atoms with E-state index in [1.165, 1.54) is 23.9 Å². The maximum Gasteiger partial charge on any atom is 0.240 e. The summed E-state index contributed by atoms with van der Waals surface area (Å²) in [5, 5.41) is 11.8. The monoisotopic (exact) mass is 495 g/mol. The largest absolute Gasteiger partial charge is 0.486 e. The molecule has 3 aromatic carbocycles. The van der Waals surface area contributed by atoms with Crippen molar-refractivity contribution in [3.8, 4) is 5.75 Å². The van der Waals surface area contributed by atoms with Gasteiger partial charge in [0.25, 0.3) is 0 Å². The number of rotatable bonds is 6. The van der Waals surface area contributed by atoms with Crippen molar-refractivity contribution in [2.24, 2.45) is 0 Å². The fraction of sp³-hybridized carbons (Fsp3) is 0.125. The molecule has 0 bridgehead atoms. The van der Waals surface area contributed by atoms with Gasteiger partial charge in [-0.05, 0) is 48.0 Å². The van der Waals surface area contributed by atoms with E-state index in [2.05, 4.69) is 20.9 Å². The summed E-state index contributed by atoms with van der Waals surface area (Å²) in [5.74, 6) is 0.656. The second-order valence-corrected chi connectivity index (χ2v) is 9.08. The zero-order valence-corrected chi connectivity index (χ0v) is 19.3. The minimum Gasteiger partial charge on any atom is -0.486 e. The Morgan fingerprint density at radius 3 is 2.65 bits per heavy atom. The first-order valence-electron chi connectivity index (χ1n) is 10.4. The normalized spacial score (nSPS) is 16.9. The van der Waals surface area contributed by atoms with Crippen LogP contribution in [0.3, 0.4) is 0 Å². The summed E-state index contributed by atoms with van der Waals surface area (Å²) in [6, 6.07) is 21.9. The lowest BCUT2D eigenvalue weighted by Crippen LogP contribution is -2.41. The summed E-state index contributed by atoms with van der Waals surface area (Å²) in [6.45, 7) is 0.181. The van der Waals surface area contributed by atoms with Gasteiger partial charge in [-0.3, -0.25) is 4.79 Å². The van der Waals surface area contributed by atoms with Crippen LogP contribution in [-0.4, -0.2) is 26.0 Å². The second-order valence-electron chi connectivity index (χ2n) is 7.53. The Morgan fingerprint density at radius 1 is 1.09 bits per heavy atom. The summed E-state index contributed by atoms with van der Waals surface area (Å²) in [6.07, 6.45) is 0. The Morgan fingerprint density at radius 2 is 1.88 bits per heavy atom. The van der Waals surface area contributed by atoms with Crippen LogP contribution >= 0.6 is 23.4 Å². The summed E-state index contributed by atoms with van der Waals surface area (Å²) in [7, 11) is 0. The van der Waals surface area contributed by atoms with E-state index in [9.17, 15) is 9.18 Å². The predicted molar refractivity (Wildman–Crippen MR) is 129 cm³/mol. The van der Waals surface area contributed by atoms with E-state index in [1.54, 1.807) is 41.1 Å². The van der Waals surface area contributed by atoms with E-state index in [1.807, 2.05) is 30.3 Å². The molecule has 0 radical (unpaired) electrons. The Labute approximate surface area is 204 Å². The highest BCUT2D eigenvalue weighted by Crippen LogP contribution is 2.38. The van der Waals surface area contributed by atoms with Gasteiger partial charge >= 0.3 is 0 Å². The highest BCUT2D eigenvalue weighted by Gasteiger charge is 2.38. The van der Waals surface area contributed by atoms with Gasteiger partial charge < -0.3 is 15.5 Å². The topological polar surface area (TPSA) is 81.1 Å². The molecule has 0 fully saturated rings. The van der Waals surface area contributed by atoms with Crippen LogP contribution in [0.25, 0.3) is 0 Å². The van der Waals surface area contributed by atoms with Gasteiger partial charge in [0.1, 0.15) is 23.4 Å². The number of halogens is 2. The summed E-state index contributed by atoms with van der Waals surface area (Å²) in [5.41, 5.74) is 4.66. The summed E-state index contributed by atoms with van der Waals surface area (Å²) in [4.78, 5) is 13.3. The first-order valence-corrected chi connectivity index (χ1v) is 11.7. The lowest BCUT2D eigenvalue weighted by Gasteiger charge is -2.33. The van der Waals surface area contributed by atoms with E-state index in [-0.39, 0.29) is 18.3 Å². The number of hydrogen-bond donors (Lipinski definition) is 2. The third kappa shape index (κ3) is 4.85. The van der Waals surface area contributed by atoms with Gasteiger partial charge in [0.15, 0.2) is 5.82 Å². The van der Waals surface area contributed by atoms with Crippen molar-refractivity contribution in [3.05, 3.63) is 101 Å². The van der Waals surface area contributed by atoms with Crippen LogP contribution in [0.1, 0.15) is 17.4 Å². The summed E-state index contributed by atoms with van der Waals surface area (Å²) >= 11 is 7.33. The molecule has 34 heavy (non-hydrogen) atoms. The van der Waals surface area contributed by atoms with Crippen molar-refractivity contribution < 1.29 is 13.9 Å². The molecular formula is C24H19ClFN5O2S. The van der Waals surface area contributed by atoms with Gasteiger partial charge in [-0.2, -0.15) is 0 Å². The number of aromatic nitrogens is 3. The first-order chi connectivity index (χ1) is 16.6. The van der Waals surface area contributed by atoms with E-state index < -0.39 is 11.3 Å². The molecule has 0 saturated carbocycles. The molecule has 5 rings (SSSR count). The van der Waals surface area contributed by atoms with Crippen molar-refractivity contribution >= 4 is 35.0 Å². The Bertz CT molecular complexity index is 1300. The van der Waals surface area contributed by atoms with Crippen LogP contribution in [0.5, 0.6) is 5.75 Å². The number of hydrogen-bond acceptors (Lipinski definition) is 6. The molecule has 4 aromatic rings. The van der Waals surface area contributed by atoms with Crippen LogP contribution < -0.4 is 15.5 Å². The van der Waals surface area contributed by atoms with Crippen molar-refractivity contribution in [2.75, 3.05) is 10.7 Å². The quantitative estimate of drug-likeness (QED) is 0.390. The minimum atomic E-state index is -0.607. The Balaban J connectivity index is 1.42. The van der Waals surface area contributed by atoms with Gasteiger partial charge in [0.05, 0.1) is 6.04 Å². The fourth-order valence-corrected chi connectivity index (χ4v) is 4.85. The molecule has 2 heterocycles. The molecule has 1 aromatic heterocycles. The van der Waals surface area contributed by atoms with E-state index in [0.29, 0.717) is 27.4 Å². The number of fused-ring (bicyclic) bond motifs is 1. The van der Waals surface area contributed by atoms with E-state index in [4.69, 9.17) is 16.3 Å². The lowest BCUT2D eigenvalue weighted by molar-refractivity contribution is -0.116. The van der Waals surface area contributed by atoms with Crippen LogP contribution in [0, 0.1) is 5.82 Å². The molecule has 1 aliphatic rings. The maximum atomic E-state index is 13.6. The highest BCUT2D eigenvalue weighted by atomic mass is 35.5. The molecule has 0 unspecified atom stereocenters. The number of para-hydroxylation sites is 1. The van der Waals surface area contributed by atoms with E-state index in [0.717, 1.165) is 5.56 Å². The molecule has 172 valence electrons. The second kappa shape index (κ2) is 9.74. The van der Waals surface area contributed by atoms with Crippen LogP contribution in [0.15, 0.2) is 84.0 Å². The molecule has 2 N–H and O–H groups in total. The highest BCUT2D eigenvalue weighted by molar-refractivity contribution is 8.00. The fourth-order valence-electron chi connectivity index (χ4n) is 3.56. The Kier molecular flexibility index (Phi) is 6.37. The molecule has 7 nitrogen and oxygen atoms in total. The molecule has 0 saturated heterocycles. The first kappa shape index (κ1) is 22.2. The number of thioether (sulfide) groups is 1. The zero-order valence-electron chi connectivity index (χ0n) is 17.7. The average Bonchev–Trinajstić information content (AvgIpc) is 3.25. The summed E-state index contributed by atoms with van der Waals surface area (Å²) < 4.78 is 21.1. The number of carbonyl (C=O) groups is 1. The predicted octanol–water partition coefficient (Wildman–Crippen LogP) is 5.05. The van der Waals surface area contributed by atoms with Crippen LogP contribution in [0.4, 0.5) is 10.1 Å². The van der Waals surface area contributed by atoms with Gasteiger partial charge in [0.2, 0.25) is 11.1 Å². The number of carbonyl (C=O) groups excluding carboxylic acids is 1. The lowest BCUT2D eigenvalue weighted by atomic mass is 10.0. The van der Waals surface area contributed by atoms with Crippen LogP contribution in [0.2, 0.25) is 5.02 Å². The number of nitrogens with zero attached hydrogens (tertiary/aromatic N) is 3. The van der Waals surface area contributed by atoms with Crippen molar-refractivity contribution in [1.82, 2.24) is 14.9 Å². The van der Waals surface area contributed by atoms with E-state index >= 15 is 0 Å². The SMILES string of the molecule is O=C(Nc1cccc(Cl)c1)[C@H]1Sc2nnc(COc3ccccc3)n2N[C@@H]1c1ccc(F)cc1. The van der Waals surface area contributed by atoms with Crippen molar-refractivity contribution in [1.29, 1.82) is 0 Å². The van der Waals surface area contributed by atoms with Gasteiger partial charge in [-0.15, -0.1) is 10.2 Å². The third-order valence-corrected chi connectivity index (χ3v) is 6.64. The number of anilines is 1. The van der Waals surface area contributed by atoms with Gasteiger partial charge in [-0.25, -0.2) is 9.07 Å². The van der Waals surface area contributed by atoms with Gasteiger partial charge in [-0.1, -0.05) is 59.8 Å². The molecule has 2 atom stereocenters. The number of nitrogens with one attached hydrogen (secondary N) is 2. The molecule has 1 aliphatic heterocycles. The number of ether oxygens (including phenoxy) is 1. The number of amides is 1. The third-order valence-electron chi connectivity index (χ3n) is 5.19. The van der Waals surface area contributed by atoms with Crippen LogP contribution in [-0.2, 0) is 11.4 Å².